The van der Waals surface area contributed by atoms with Crippen molar-refractivity contribution >= 4 is 17.6 Å². The van der Waals surface area contributed by atoms with Gasteiger partial charge in [0.05, 0.1) is 5.56 Å². The average molecular weight is 266 g/mol. The molecular weight excluding hydrogens is 248 g/mol. The van der Waals surface area contributed by atoms with Crippen molar-refractivity contribution < 1.29 is 14.3 Å². The van der Waals surface area contributed by atoms with Gasteiger partial charge in [0, 0.05) is 19.4 Å². The molecule has 0 bridgehead atoms. The van der Waals surface area contributed by atoms with Crippen LogP contribution >= 0.6 is 0 Å². The number of Topliss-reactive ketones (excluding diaryl/α,β-unsaturated/α-hetero) is 1. The molecule has 1 amide bonds. The first kappa shape index (κ1) is 14.9. The maximum Gasteiger partial charge on any atom is 0.414 e. The summed E-state index contributed by atoms with van der Waals surface area (Å²) in [5, 5.41) is 0. The fourth-order valence-corrected chi connectivity index (χ4v) is 1.41. The standard InChI is InChI=1S/C13H18N2O4/c1-8(16)9-6-14-7-10(11(9)17)15(5)12(18)19-13(2,3)4/h6-7H,1-5H3,(H,14,17). The highest BCUT2D eigenvalue weighted by molar-refractivity contribution is 5.95. The summed E-state index contributed by atoms with van der Waals surface area (Å²) >= 11 is 0. The lowest BCUT2D eigenvalue weighted by atomic mass is 10.2. The summed E-state index contributed by atoms with van der Waals surface area (Å²) in [6.07, 6.45) is 2.02. The largest absolute Gasteiger partial charge is 0.443 e. The van der Waals surface area contributed by atoms with Crippen molar-refractivity contribution in [2.24, 2.45) is 0 Å². The molecule has 0 radical (unpaired) electrons. The molecule has 0 saturated carbocycles. The van der Waals surface area contributed by atoms with Gasteiger partial charge in [-0.1, -0.05) is 0 Å². The van der Waals surface area contributed by atoms with Gasteiger partial charge in [0.15, 0.2) is 5.78 Å². The molecule has 0 aliphatic rings. The van der Waals surface area contributed by atoms with E-state index in [4.69, 9.17) is 4.74 Å². The normalized spacial score (nSPS) is 11.0. The minimum atomic E-state index is -0.656. The quantitative estimate of drug-likeness (QED) is 0.830. The number of hydrogen-bond donors (Lipinski definition) is 1. The van der Waals surface area contributed by atoms with Crippen molar-refractivity contribution in [1.82, 2.24) is 4.98 Å². The van der Waals surface area contributed by atoms with Crippen LogP contribution in [-0.2, 0) is 4.74 Å². The zero-order valence-corrected chi connectivity index (χ0v) is 11.7. The Morgan fingerprint density at radius 2 is 1.84 bits per heavy atom. The second-order valence-electron chi connectivity index (χ2n) is 5.18. The molecule has 19 heavy (non-hydrogen) atoms. The predicted molar refractivity (Wildman–Crippen MR) is 71.7 cm³/mol. The van der Waals surface area contributed by atoms with Crippen LogP contribution in [0.1, 0.15) is 38.1 Å². The minimum absolute atomic E-state index is 0.00732. The third-order valence-electron chi connectivity index (χ3n) is 2.33. The number of aromatic amines is 1. The SMILES string of the molecule is CC(=O)c1c[nH]cc(N(C)C(=O)OC(C)(C)C)c1=O. The Labute approximate surface area is 111 Å². The monoisotopic (exact) mass is 266 g/mol. The zero-order chi connectivity index (χ0) is 14.8. The maximum absolute atomic E-state index is 12.0. The van der Waals surface area contributed by atoms with E-state index >= 15 is 0 Å². The van der Waals surface area contributed by atoms with E-state index in [2.05, 4.69) is 4.98 Å². The fraction of sp³-hybridized carbons (Fsp3) is 0.462. The molecule has 1 heterocycles. The van der Waals surface area contributed by atoms with Crippen LogP contribution in [0.3, 0.4) is 0 Å². The van der Waals surface area contributed by atoms with E-state index in [0.29, 0.717) is 0 Å². The van der Waals surface area contributed by atoms with Gasteiger partial charge < -0.3 is 9.72 Å². The number of ether oxygens (including phenoxy) is 1. The van der Waals surface area contributed by atoms with Crippen molar-refractivity contribution in [3.05, 3.63) is 28.2 Å². The number of hydrogen-bond acceptors (Lipinski definition) is 4. The molecule has 0 atom stereocenters. The van der Waals surface area contributed by atoms with Crippen LogP contribution in [0.25, 0.3) is 0 Å². The number of nitrogens with zero attached hydrogens (tertiary/aromatic N) is 1. The first-order chi connectivity index (χ1) is 8.63. The minimum Gasteiger partial charge on any atom is -0.443 e. The summed E-state index contributed by atoms with van der Waals surface area (Å²) in [5.74, 6) is -0.360. The Morgan fingerprint density at radius 3 is 2.32 bits per heavy atom. The van der Waals surface area contributed by atoms with Gasteiger partial charge in [-0.25, -0.2) is 4.79 Å². The summed E-state index contributed by atoms with van der Waals surface area (Å²) in [7, 11) is 1.42. The van der Waals surface area contributed by atoms with Crippen molar-refractivity contribution in [3.8, 4) is 0 Å². The molecule has 0 unspecified atom stereocenters. The van der Waals surface area contributed by atoms with Crippen molar-refractivity contribution in [2.45, 2.75) is 33.3 Å². The third-order valence-corrected chi connectivity index (χ3v) is 2.33. The number of pyridine rings is 1. The second kappa shape index (κ2) is 5.26. The van der Waals surface area contributed by atoms with E-state index in [1.165, 1.54) is 26.4 Å². The van der Waals surface area contributed by atoms with Gasteiger partial charge in [0.2, 0.25) is 5.43 Å². The lowest BCUT2D eigenvalue weighted by molar-refractivity contribution is 0.0588. The highest BCUT2D eigenvalue weighted by Crippen LogP contribution is 2.13. The Balaban J connectivity index is 3.11. The van der Waals surface area contributed by atoms with Gasteiger partial charge in [-0.05, 0) is 27.7 Å². The number of carbonyl (C=O) groups is 2. The lowest BCUT2D eigenvalue weighted by Gasteiger charge is -2.24. The van der Waals surface area contributed by atoms with Gasteiger partial charge in [-0.2, -0.15) is 0 Å². The van der Waals surface area contributed by atoms with E-state index in [-0.39, 0.29) is 17.0 Å². The van der Waals surface area contributed by atoms with Crippen LogP contribution in [0, 0.1) is 0 Å². The Bertz CT molecular complexity index is 554. The summed E-state index contributed by atoms with van der Waals surface area (Å²) < 4.78 is 5.16. The second-order valence-corrected chi connectivity index (χ2v) is 5.18. The van der Waals surface area contributed by atoms with Crippen LogP contribution in [0.5, 0.6) is 0 Å². The number of carbonyl (C=O) groups excluding carboxylic acids is 2. The van der Waals surface area contributed by atoms with E-state index in [1.54, 1.807) is 20.8 Å². The number of ketones is 1. The molecule has 0 aliphatic carbocycles. The maximum atomic E-state index is 12.0. The van der Waals surface area contributed by atoms with Crippen LogP contribution in [0.2, 0.25) is 0 Å². The van der Waals surface area contributed by atoms with E-state index in [0.717, 1.165) is 4.90 Å². The molecule has 0 fully saturated rings. The highest BCUT2D eigenvalue weighted by atomic mass is 16.6. The molecule has 1 aromatic rings. The topological polar surface area (TPSA) is 79.5 Å². The predicted octanol–water partition coefficient (Wildman–Crippen LogP) is 1.95. The van der Waals surface area contributed by atoms with Crippen molar-refractivity contribution in [1.29, 1.82) is 0 Å². The molecule has 1 aromatic heterocycles. The van der Waals surface area contributed by atoms with Crippen LogP contribution in [0.15, 0.2) is 17.2 Å². The summed E-state index contributed by atoms with van der Waals surface area (Å²) in [4.78, 5) is 38.9. The van der Waals surface area contributed by atoms with Gasteiger partial charge in [0.1, 0.15) is 11.3 Å². The van der Waals surface area contributed by atoms with Gasteiger partial charge in [0.25, 0.3) is 0 Å². The highest BCUT2D eigenvalue weighted by Gasteiger charge is 2.23. The molecule has 0 spiro atoms. The molecule has 0 aromatic carbocycles. The number of amides is 1. The fourth-order valence-electron chi connectivity index (χ4n) is 1.41. The number of anilines is 1. The van der Waals surface area contributed by atoms with Gasteiger partial charge in [-0.15, -0.1) is 0 Å². The van der Waals surface area contributed by atoms with Gasteiger partial charge >= 0.3 is 6.09 Å². The van der Waals surface area contributed by atoms with Gasteiger partial charge in [-0.3, -0.25) is 14.5 Å². The van der Waals surface area contributed by atoms with E-state index in [1.807, 2.05) is 0 Å². The number of rotatable bonds is 2. The summed E-state index contributed by atoms with van der Waals surface area (Å²) in [5.41, 5.74) is -1.08. The van der Waals surface area contributed by atoms with Crippen LogP contribution in [-0.4, -0.2) is 29.5 Å². The van der Waals surface area contributed by atoms with E-state index < -0.39 is 17.1 Å². The molecule has 1 N–H and O–H groups in total. The van der Waals surface area contributed by atoms with E-state index in [9.17, 15) is 14.4 Å². The molecule has 0 saturated heterocycles. The lowest BCUT2D eigenvalue weighted by Crippen LogP contribution is -2.37. The van der Waals surface area contributed by atoms with Crippen molar-refractivity contribution in [2.75, 3.05) is 11.9 Å². The molecule has 104 valence electrons. The molecular formula is C13H18N2O4. The Morgan fingerprint density at radius 1 is 1.26 bits per heavy atom. The number of nitrogens with one attached hydrogen (secondary N) is 1. The molecule has 1 rings (SSSR count). The summed E-state index contributed by atoms with van der Waals surface area (Å²) in [6.45, 7) is 6.49. The van der Waals surface area contributed by atoms with Crippen LogP contribution in [0.4, 0.5) is 10.5 Å². The van der Waals surface area contributed by atoms with Crippen LogP contribution < -0.4 is 10.3 Å². The first-order valence-electron chi connectivity index (χ1n) is 5.82. The average Bonchev–Trinajstić information content (AvgIpc) is 2.25. The third kappa shape index (κ3) is 3.67. The number of aromatic nitrogens is 1. The Kier molecular flexibility index (Phi) is 4.14. The molecule has 6 nitrogen and oxygen atoms in total. The Hall–Kier alpha value is -2.11. The molecule has 0 aliphatic heterocycles. The summed E-state index contributed by atoms with van der Waals surface area (Å²) in [6, 6.07) is 0. The zero-order valence-electron chi connectivity index (χ0n) is 11.7. The number of H-pyrrole nitrogens is 1. The molecule has 6 heteroatoms. The van der Waals surface area contributed by atoms with Crippen molar-refractivity contribution in [3.63, 3.8) is 0 Å². The first-order valence-corrected chi connectivity index (χ1v) is 5.82. The smallest absolute Gasteiger partial charge is 0.414 e.